The number of hydrogen-bond acceptors (Lipinski definition) is 5. The zero-order valence-corrected chi connectivity index (χ0v) is 18.9. The molecule has 1 heterocycles. The van der Waals surface area contributed by atoms with Crippen LogP contribution in [0.1, 0.15) is 6.92 Å². The first-order valence-electron chi connectivity index (χ1n) is 8.63. The summed E-state index contributed by atoms with van der Waals surface area (Å²) in [7, 11) is -2.09. The molecule has 0 spiro atoms. The molecule has 1 aromatic heterocycles. The minimum Gasteiger partial charge on any atom is -0.481 e. The summed E-state index contributed by atoms with van der Waals surface area (Å²) in [6.45, 7) is 1.65. The van der Waals surface area contributed by atoms with Gasteiger partial charge in [0.25, 0.3) is 15.9 Å². The van der Waals surface area contributed by atoms with Crippen molar-refractivity contribution in [2.45, 2.75) is 17.2 Å². The van der Waals surface area contributed by atoms with Crippen molar-refractivity contribution in [3.63, 3.8) is 0 Å². The van der Waals surface area contributed by atoms with Gasteiger partial charge in [0.1, 0.15) is 9.96 Å². The fourth-order valence-electron chi connectivity index (χ4n) is 2.49. The number of rotatable bonds is 7. The fourth-order valence-corrected chi connectivity index (χ4v) is 5.24. The highest BCUT2D eigenvalue weighted by atomic mass is 79.9. The molecule has 0 unspecified atom stereocenters. The van der Waals surface area contributed by atoms with Gasteiger partial charge < -0.3 is 10.1 Å². The molecule has 1 amide bonds. The molecule has 0 radical (unpaired) electrons. The number of carbonyl (C=O) groups is 1. The zero-order valence-electron chi connectivity index (χ0n) is 15.7. The van der Waals surface area contributed by atoms with Crippen molar-refractivity contribution < 1.29 is 17.9 Å². The molecule has 0 aliphatic heterocycles. The maximum atomic E-state index is 12.6. The van der Waals surface area contributed by atoms with Crippen molar-refractivity contribution in [2.75, 3.05) is 16.7 Å². The fraction of sp³-hybridized carbons (Fsp3) is 0.150. The van der Waals surface area contributed by atoms with E-state index in [9.17, 15) is 13.2 Å². The first kappa shape index (κ1) is 21.4. The third kappa shape index (κ3) is 5.17. The topological polar surface area (TPSA) is 75.7 Å². The molecule has 3 aromatic rings. The van der Waals surface area contributed by atoms with Crippen LogP contribution in [0.2, 0.25) is 0 Å². The Morgan fingerprint density at radius 3 is 2.48 bits per heavy atom. The van der Waals surface area contributed by atoms with Gasteiger partial charge in [-0.2, -0.15) is 0 Å². The van der Waals surface area contributed by atoms with E-state index in [4.69, 9.17) is 4.74 Å². The molecule has 2 aromatic carbocycles. The molecular formula is C20H19BrN2O4S2. The predicted molar refractivity (Wildman–Crippen MR) is 119 cm³/mol. The second kappa shape index (κ2) is 8.98. The second-order valence-electron chi connectivity index (χ2n) is 6.16. The van der Waals surface area contributed by atoms with E-state index in [1.54, 1.807) is 60.8 Å². The Morgan fingerprint density at radius 2 is 1.86 bits per heavy atom. The summed E-state index contributed by atoms with van der Waals surface area (Å²) in [4.78, 5) is 12.3. The molecule has 0 bridgehead atoms. The van der Waals surface area contributed by atoms with Crippen LogP contribution in [0.5, 0.6) is 5.75 Å². The van der Waals surface area contributed by atoms with Crippen LogP contribution in [0, 0.1) is 0 Å². The first-order chi connectivity index (χ1) is 13.8. The third-order valence-corrected chi connectivity index (χ3v) is 7.74. The summed E-state index contributed by atoms with van der Waals surface area (Å²) in [5.41, 5.74) is 1.16. The van der Waals surface area contributed by atoms with Crippen molar-refractivity contribution in [2.24, 2.45) is 0 Å². The summed E-state index contributed by atoms with van der Waals surface area (Å²) in [6, 6.07) is 17.1. The molecule has 3 rings (SSSR count). The van der Waals surface area contributed by atoms with Gasteiger partial charge in [0.15, 0.2) is 6.10 Å². The Hall–Kier alpha value is -2.36. The van der Waals surface area contributed by atoms with Crippen LogP contribution in [0.15, 0.2) is 74.7 Å². The normalized spacial score (nSPS) is 12.2. The van der Waals surface area contributed by atoms with E-state index in [0.717, 1.165) is 4.47 Å². The summed E-state index contributed by atoms with van der Waals surface area (Å²) in [5, 5.41) is 4.51. The maximum Gasteiger partial charge on any atom is 0.273 e. The van der Waals surface area contributed by atoms with Crippen molar-refractivity contribution in [1.29, 1.82) is 0 Å². The highest BCUT2D eigenvalue weighted by molar-refractivity contribution is 9.10. The Morgan fingerprint density at radius 1 is 1.14 bits per heavy atom. The van der Waals surface area contributed by atoms with Gasteiger partial charge in [-0.15, -0.1) is 11.3 Å². The van der Waals surface area contributed by atoms with Gasteiger partial charge in [0.05, 0.1) is 5.69 Å². The number of ether oxygens (including phenoxy) is 1. The standard InChI is InChI=1S/C20H19BrN2O4S2/c1-14(20(24)22-16-6-3-5-15(21)13-16)27-18-10-8-17(9-11-18)23(2)29(25,26)19-7-4-12-28-19/h3-14H,1-2H3,(H,22,24)/t14-/m0/s1. The van der Waals surface area contributed by atoms with Crippen molar-refractivity contribution in [1.82, 2.24) is 0 Å². The lowest BCUT2D eigenvalue weighted by Crippen LogP contribution is -2.30. The second-order valence-corrected chi connectivity index (χ2v) is 10.2. The Kier molecular flexibility index (Phi) is 6.61. The van der Waals surface area contributed by atoms with Crippen molar-refractivity contribution in [3.8, 4) is 5.75 Å². The van der Waals surface area contributed by atoms with E-state index in [0.29, 0.717) is 17.1 Å². The van der Waals surface area contributed by atoms with Gasteiger partial charge in [-0.1, -0.05) is 28.1 Å². The molecule has 152 valence electrons. The van der Waals surface area contributed by atoms with Gasteiger partial charge in [0, 0.05) is 17.2 Å². The lowest BCUT2D eigenvalue weighted by Gasteiger charge is -2.19. The zero-order chi connectivity index (χ0) is 21.0. The van der Waals surface area contributed by atoms with Crippen LogP contribution in [0.4, 0.5) is 11.4 Å². The first-order valence-corrected chi connectivity index (χ1v) is 11.7. The Bertz CT molecular complexity index is 1080. The number of halogens is 1. The van der Waals surface area contributed by atoms with Gasteiger partial charge in [-0.3, -0.25) is 9.10 Å². The van der Waals surface area contributed by atoms with Crippen LogP contribution in [-0.4, -0.2) is 27.5 Å². The van der Waals surface area contributed by atoms with Crippen LogP contribution in [-0.2, 0) is 14.8 Å². The molecule has 0 saturated carbocycles. The van der Waals surface area contributed by atoms with Crippen LogP contribution in [0.3, 0.4) is 0 Å². The average molecular weight is 495 g/mol. The summed E-state index contributed by atoms with van der Waals surface area (Å²) in [6.07, 6.45) is -0.729. The third-order valence-electron chi connectivity index (χ3n) is 4.08. The number of anilines is 2. The smallest absolute Gasteiger partial charge is 0.273 e. The van der Waals surface area contributed by atoms with E-state index in [1.165, 1.54) is 22.7 Å². The van der Waals surface area contributed by atoms with Gasteiger partial charge in [-0.05, 0) is 60.8 Å². The Balaban J connectivity index is 1.65. The number of hydrogen-bond donors (Lipinski definition) is 1. The van der Waals surface area contributed by atoms with Gasteiger partial charge in [-0.25, -0.2) is 8.42 Å². The van der Waals surface area contributed by atoms with E-state index in [2.05, 4.69) is 21.2 Å². The lowest BCUT2D eigenvalue weighted by atomic mass is 10.3. The quantitative estimate of drug-likeness (QED) is 0.514. The van der Waals surface area contributed by atoms with E-state index in [-0.39, 0.29) is 10.1 Å². The average Bonchev–Trinajstić information content (AvgIpc) is 3.23. The number of amides is 1. The molecular weight excluding hydrogens is 476 g/mol. The highest BCUT2D eigenvalue weighted by Crippen LogP contribution is 2.27. The number of thiophene rings is 1. The minimum atomic E-state index is -3.59. The monoisotopic (exact) mass is 494 g/mol. The molecule has 0 fully saturated rings. The van der Waals surface area contributed by atoms with Crippen molar-refractivity contribution >= 4 is 54.6 Å². The molecule has 1 N–H and O–H groups in total. The van der Waals surface area contributed by atoms with Crippen molar-refractivity contribution in [3.05, 3.63) is 70.5 Å². The van der Waals surface area contributed by atoms with Gasteiger partial charge in [0.2, 0.25) is 0 Å². The molecule has 29 heavy (non-hydrogen) atoms. The van der Waals surface area contributed by atoms with Gasteiger partial charge >= 0.3 is 0 Å². The van der Waals surface area contributed by atoms with Crippen LogP contribution >= 0.6 is 27.3 Å². The highest BCUT2D eigenvalue weighted by Gasteiger charge is 2.22. The summed E-state index contributed by atoms with van der Waals surface area (Å²) in [5.74, 6) is 0.178. The number of benzene rings is 2. The largest absolute Gasteiger partial charge is 0.481 e. The summed E-state index contributed by atoms with van der Waals surface area (Å²) >= 11 is 4.53. The minimum absolute atomic E-state index is 0.276. The SMILES string of the molecule is C[C@H](Oc1ccc(N(C)S(=O)(=O)c2cccs2)cc1)C(=O)Nc1cccc(Br)c1. The predicted octanol–water partition coefficient (Wildman–Crippen LogP) is 4.74. The molecule has 0 aliphatic carbocycles. The van der Waals surface area contributed by atoms with Crippen LogP contribution < -0.4 is 14.4 Å². The van der Waals surface area contributed by atoms with E-state index in [1.807, 2.05) is 12.1 Å². The number of sulfonamides is 1. The number of nitrogens with zero attached hydrogens (tertiary/aromatic N) is 1. The number of carbonyl (C=O) groups excluding carboxylic acids is 1. The van der Waals surface area contributed by atoms with E-state index < -0.39 is 16.1 Å². The molecule has 9 heteroatoms. The number of nitrogens with one attached hydrogen (secondary N) is 1. The summed E-state index contributed by atoms with van der Waals surface area (Å²) < 4.78 is 33.2. The van der Waals surface area contributed by atoms with Crippen LogP contribution in [0.25, 0.3) is 0 Å². The molecule has 0 saturated heterocycles. The molecule has 1 atom stereocenters. The molecule has 0 aliphatic rings. The Labute approximate surface area is 182 Å². The lowest BCUT2D eigenvalue weighted by molar-refractivity contribution is -0.122. The maximum absolute atomic E-state index is 12.6. The van der Waals surface area contributed by atoms with E-state index >= 15 is 0 Å². The molecule has 6 nitrogen and oxygen atoms in total.